The molecule has 3 heteroatoms. The van der Waals surface area contributed by atoms with E-state index in [0.717, 1.165) is 17.7 Å². The highest BCUT2D eigenvalue weighted by atomic mass is 16.5. The molecule has 0 aliphatic heterocycles. The lowest BCUT2D eigenvalue weighted by molar-refractivity contribution is 0.0600. The Morgan fingerprint density at radius 1 is 0.750 bits per heavy atom. The van der Waals surface area contributed by atoms with E-state index in [0.29, 0.717) is 12.2 Å². The van der Waals surface area contributed by atoms with E-state index in [1.807, 2.05) is 24.3 Å². The molecule has 0 aliphatic rings. The molecule has 0 aliphatic carbocycles. The van der Waals surface area contributed by atoms with Crippen molar-refractivity contribution in [2.75, 3.05) is 7.11 Å². The van der Waals surface area contributed by atoms with Gasteiger partial charge in [0.1, 0.15) is 12.4 Å². The van der Waals surface area contributed by atoms with E-state index in [1.165, 1.54) is 64.0 Å². The van der Waals surface area contributed by atoms with Crippen molar-refractivity contribution in [2.45, 2.75) is 71.3 Å². The van der Waals surface area contributed by atoms with E-state index in [4.69, 9.17) is 9.47 Å². The van der Waals surface area contributed by atoms with E-state index in [2.05, 4.69) is 19.1 Å². The molecule has 0 heterocycles. The number of carbonyl (C=O) groups is 1. The minimum absolute atomic E-state index is 0.320. The molecule has 2 aromatic carbocycles. The number of ether oxygens (including phenoxy) is 2. The Labute approximate surface area is 170 Å². The first-order valence-electron chi connectivity index (χ1n) is 10.6. The van der Waals surface area contributed by atoms with Gasteiger partial charge in [0.2, 0.25) is 0 Å². The van der Waals surface area contributed by atoms with Crippen LogP contribution in [0.4, 0.5) is 0 Å². The van der Waals surface area contributed by atoms with Gasteiger partial charge in [0.05, 0.1) is 12.7 Å². The van der Waals surface area contributed by atoms with Crippen LogP contribution < -0.4 is 4.74 Å². The molecule has 3 nitrogen and oxygen atoms in total. The summed E-state index contributed by atoms with van der Waals surface area (Å²) in [6.45, 7) is 2.75. The molecular weight excluding hydrogens is 348 g/mol. The molecule has 28 heavy (non-hydrogen) atoms. The smallest absolute Gasteiger partial charge is 0.337 e. The molecule has 0 spiro atoms. The van der Waals surface area contributed by atoms with Crippen LogP contribution in [0.2, 0.25) is 0 Å². The number of carbonyl (C=O) groups excluding carboxylic acids is 1. The van der Waals surface area contributed by atoms with E-state index >= 15 is 0 Å². The highest BCUT2D eigenvalue weighted by Gasteiger charge is 2.04. The van der Waals surface area contributed by atoms with Gasteiger partial charge in [0.15, 0.2) is 0 Å². The third-order valence-corrected chi connectivity index (χ3v) is 5.02. The highest BCUT2D eigenvalue weighted by Crippen LogP contribution is 2.17. The number of benzene rings is 2. The summed E-state index contributed by atoms with van der Waals surface area (Å²) in [5, 5.41) is 0. The summed E-state index contributed by atoms with van der Waals surface area (Å²) in [5.41, 5.74) is 2.95. The molecule has 0 amide bonds. The molecule has 0 fully saturated rings. The Hall–Kier alpha value is -2.29. The van der Waals surface area contributed by atoms with Crippen LogP contribution in [0.5, 0.6) is 5.75 Å². The monoisotopic (exact) mass is 382 g/mol. The van der Waals surface area contributed by atoms with Crippen LogP contribution in [0.1, 0.15) is 79.8 Å². The molecular formula is C25H34O3. The van der Waals surface area contributed by atoms with Gasteiger partial charge < -0.3 is 9.47 Å². The number of unbranched alkanes of at least 4 members (excludes halogenated alkanes) is 7. The van der Waals surface area contributed by atoms with Gasteiger partial charge in [-0.05, 0) is 48.2 Å². The number of rotatable bonds is 13. The molecule has 0 saturated carbocycles. The molecule has 2 aromatic rings. The first kappa shape index (κ1) is 22.0. The zero-order valence-corrected chi connectivity index (χ0v) is 17.4. The van der Waals surface area contributed by atoms with E-state index in [1.54, 1.807) is 12.1 Å². The molecule has 2 rings (SSSR count). The Kier molecular flexibility index (Phi) is 10.2. The summed E-state index contributed by atoms with van der Waals surface area (Å²) < 4.78 is 10.6. The molecule has 0 saturated heterocycles. The topological polar surface area (TPSA) is 35.5 Å². The fourth-order valence-electron chi connectivity index (χ4n) is 3.24. The summed E-state index contributed by atoms with van der Waals surface area (Å²) in [4.78, 5) is 11.4. The van der Waals surface area contributed by atoms with Crippen molar-refractivity contribution >= 4 is 5.97 Å². The van der Waals surface area contributed by atoms with Crippen LogP contribution in [0.15, 0.2) is 48.5 Å². The number of hydrogen-bond acceptors (Lipinski definition) is 3. The lowest BCUT2D eigenvalue weighted by Gasteiger charge is -2.08. The Morgan fingerprint density at radius 2 is 1.32 bits per heavy atom. The predicted molar refractivity (Wildman–Crippen MR) is 115 cm³/mol. The number of hydrogen-bond donors (Lipinski definition) is 0. The Bertz CT molecular complexity index is 674. The Balaban J connectivity index is 1.65. The van der Waals surface area contributed by atoms with Crippen molar-refractivity contribution in [1.82, 2.24) is 0 Å². The first-order valence-corrected chi connectivity index (χ1v) is 10.6. The molecule has 152 valence electrons. The van der Waals surface area contributed by atoms with Crippen LogP contribution in [-0.2, 0) is 17.8 Å². The van der Waals surface area contributed by atoms with Crippen molar-refractivity contribution in [3.8, 4) is 5.75 Å². The third-order valence-electron chi connectivity index (χ3n) is 5.02. The van der Waals surface area contributed by atoms with Gasteiger partial charge in [-0.1, -0.05) is 76.1 Å². The quantitative estimate of drug-likeness (QED) is 0.284. The van der Waals surface area contributed by atoms with Crippen molar-refractivity contribution in [3.63, 3.8) is 0 Å². The summed E-state index contributed by atoms with van der Waals surface area (Å²) >= 11 is 0. The van der Waals surface area contributed by atoms with Gasteiger partial charge in [0, 0.05) is 0 Å². The second-order valence-electron chi connectivity index (χ2n) is 7.35. The maximum absolute atomic E-state index is 11.4. The molecule has 0 radical (unpaired) electrons. The van der Waals surface area contributed by atoms with E-state index in [9.17, 15) is 4.79 Å². The number of methoxy groups -OCH3 is 1. The number of aryl methyl sites for hydroxylation is 1. The van der Waals surface area contributed by atoms with Crippen LogP contribution in [0, 0.1) is 0 Å². The fourth-order valence-corrected chi connectivity index (χ4v) is 3.24. The predicted octanol–water partition coefficient (Wildman–Crippen LogP) is 6.74. The second-order valence-corrected chi connectivity index (χ2v) is 7.35. The Morgan fingerprint density at radius 3 is 1.93 bits per heavy atom. The van der Waals surface area contributed by atoms with Crippen molar-refractivity contribution in [2.24, 2.45) is 0 Å². The largest absolute Gasteiger partial charge is 0.489 e. The van der Waals surface area contributed by atoms with Gasteiger partial charge >= 0.3 is 5.97 Å². The lowest BCUT2D eigenvalue weighted by Crippen LogP contribution is -2.02. The molecule has 0 N–H and O–H groups in total. The maximum atomic E-state index is 11.4. The second kappa shape index (κ2) is 13.0. The van der Waals surface area contributed by atoms with Gasteiger partial charge in [-0.25, -0.2) is 4.79 Å². The normalized spacial score (nSPS) is 10.6. The maximum Gasteiger partial charge on any atom is 0.337 e. The van der Waals surface area contributed by atoms with Crippen molar-refractivity contribution < 1.29 is 14.3 Å². The molecule has 0 atom stereocenters. The van der Waals surface area contributed by atoms with Crippen molar-refractivity contribution in [3.05, 3.63) is 65.2 Å². The summed E-state index contributed by atoms with van der Waals surface area (Å²) in [6, 6.07) is 15.7. The molecule has 0 aromatic heterocycles. The first-order chi connectivity index (χ1) is 13.7. The minimum atomic E-state index is -0.320. The van der Waals surface area contributed by atoms with Crippen LogP contribution in [-0.4, -0.2) is 13.1 Å². The average Bonchev–Trinajstić information content (AvgIpc) is 2.75. The van der Waals surface area contributed by atoms with Gasteiger partial charge in [-0.3, -0.25) is 0 Å². The molecule has 0 bridgehead atoms. The zero-order valence-electron chi connectivity index (χ0n) is 17.4. The average molecular weight is 383 g/mol. The third kappa shape index (κ3) is 8.16. The van der Waals surface area contributed by atoms with E-state index < -0.39 is 0 Å². The minimum Gasteiger partial charge on any atom is -0.489 e. The highest BCUT2D eigenvalue weighted by molar-refractivity contribution is 5.89. The van der Waals surface area contributed by atoms with Gasteiger partial charge in [0.25, 0.3) is 0 Å². The summed E-state index contributed by atoms with van der Waals surface area (Å²) in [5.74, 6) is 0.552. The fraction of sp³-hybridized carbons (Fsp3) is 0.480. The van der Waals surface area contributed by atoms with E-state index in [-0.39, 0.29) is 5.97 Å². The van der Waals surface area contributed by atoms with Gasteiger partial charge in [-0.2, -0.15) is 0 Å². The summed E-state index contributed by atoms with van der Waals surface area (Å²) in [7, 11) is 1.39. The van der Waals surface area contributed by atoms with Crippen LogP contribution >= 0.6 is 0 Å². The van der Waals surface area contributed by atoms with Gasteiger partial charge in [-0.15, -0.1) is 0 Å². The van der Waals surface area contributed by atoms with Crippen molar-refractivity contribution in [1.29, 1.82) is 0 Å². The standard InChI is InChI=1S/C25H34O3/c1-3-4-5-6-7-8-9-10-11-21-14-18-24(19-15-21)28-20-22-12-16-23(17-13-22)25(26)27-2/h12-19H,3-11,20H2,1-2H3. The van der Waals surface area contributed by atoms with Crippen LogP contribution in [0.25, 0.3) is 0 Å². The SMILES string of the molecule is CCCCCCCCCCc1ccc(OCc2ccc(C(=O)OC)cc2)cc1. The number of esters is 1. The zero-order chi connectivity index (χ0) is 20.0. The summed E-state index contributed by atoms with van der Waals surface area (Å²) in [6.07, 6.45) is 12.0. The lowest BCUT2D eigenvalue weighted by atomic mass is 10.0. The molecule has 0 unspecified atom stereocenters. The van der Waals surface area contributed by atoms with Crippen LogP contribution in [0.3, 0.4) is 0 Å².